The highest BCUT2D eigenvalue weighted by Crippen LogP contribution is 2.39. The Kier molecular flexibility index (Phi) is 4.37. The number of carboxylic acids is 1. The first kappa shape index (κ1) is 15.9. The van der Waals surface area contributed by atoms with Crippen molar-refractivity contribution in [1.82, 2.24) is 10.2 Å². The number of aliphatic carboxylic acids is 1. The van der Waals surface area contributed by atoms with Crippen LogP contribution in [0.5, 0.6) is 0 Å². The molecule has 1 fully saturated rings. The average molecular weight is 296 g/mol. The Balaban J connectivity index is 2.10. The molecule has 4 atom stereocenters. The van der Waals surface area contributed by atoms with Crippen LogP contribution in [0.2, 0.25) is 0 Å². The summed E-state index contributed by atoms with van der Waals surface area (Å²) in [5, 5.41) is 17.2. The highest BCUT2D eigenvalue weighted by Gasteiger charge is 2.41. The molecule has 118 valence electrons. The van der Waals surface area contributed by atoms with Crippen LogP contribution in [0.3, 0.4) is 0 Å². The van der Waals surface area contributed by atoms with Crippen LogP contribution in [0, 0.1) is 11.3 Å². The normalized spacial score (nSPS) is 29.8. The summed E-state index contributed by atoms with van der Waals surface area (Å²) in [4.78, 5) is 10.9. The van der Waals surface area contributed by atoms with Crippen molar-refractivity contribution >= 4 is 5.97 Å². The average Bonchev–Trinajstić information content (AvgIpc) is 2.83. The van der Waals surface area contributed by atoms with E-state index in [1.54, 1.807) is 0 Å². The molecule has 1 aliphatic heterocycles. The summed E-state index contributed by atoms with van der Waals surface area (Å²) >= 11 is 0. The second kappa shape index (κ2) is 5.75. The largest absolute Gasteiger partial charge is 0.481 e. The van der Waals surface area contributed by atoms with Crippen molar-refractivity contribution < 1.29 is 19.1 Å². The molecule has 1 aromatic heterocycles. The molecular formula is C15H24N2O4. The maximum Gasteiger partial charge on any atom is 0.303 e. The smallest absolute Gasteiger partial charge is 0.303 e. The highest BCUT2D eigenvalue weighted by atomic mass is 16.5. The molecule has 6 nitrogen and oxygen atoms in total. The van der Waals surface area contributed by atoms with Gasteiger partial charge >= 0.3 is 5.97 Å². The number of aromatic nitrogens is 2. The van der Waals surface area contributed by atoms with Crippen molar-refractivity contribution in [1.29, 1.82) is 0 Å². The quantitative estimate of drug-likeness (QED) is 0.899. The van der Waals surface area contributed by atoms with E-state index in [1.807, 2.05) is 20.8 Å². The Bertz CT molecular complexity index is 512. The Morgan fingerprint density at radius 2 is 1.90 bits per heavy atom. The Labute approximate surface area is 124 Å². The standard InChI is InChI=1S/C15H24N2O4/c1-8-9(2)20-10(3)13(8)14-17-16-11(21-14)6-15(4,5)7-12(18)19/h8-10,13H,6-7H2,1-5H3,(H,18,19). The first-order chi connectivity index (χ1) is 9.69. The lowest BCUT2D eigenvalue weighted by atomic mass is 9.86. The second-order valence-electron chi connectivity index (χ2n) is 6.88. The summed E-state index contributed by atoms with van der Waals surface area (Å²) in [5.74, 6) is 0.694. The van der Waals surface area contributed by atoms with Gasteiger partial charge in [0.1, 0.15) is 0 Å². The molecule has 6 heteroatoms. The molecule has 2 rings (SSSR count). The highest BCUT2D eigenvalue weighted by molar-refractivity contribution is 5.67. The Morgan fingerprint density at radius 3 is 2.43 bits per heavy atom. The maximum absolute atomic E-state index is 10.9. The summed E-state index contributed by atoms with van der Waals surface area (Å²) in [6.07, 6.45) is 0.748. The van der Waals surface area contributed by atoms with Gasteiger partial charge in [0.25, 0.3) is 0 Å². The van der Waals surface area contributed by atoms with E-state index in [1.165, 1.54) is 0 Å². The van der Waals surface area contributed by atoms with Gasteiger partial charge in [0.2, 0.25) is 11.8 Å². The molecule has 4 unspecified atom stereocenters. The molecule has 0 radical (unpaired) electrons. The lowest BCUT2D eigenvalue weighted by Gasteiger charge is -2.19. The minimum atomic E-state index is -0.819. The predicted molar refractivity (Wildman–Crippen MR) is 75.9 cm³/mol. The van der Waals surface area contributed by atoms with E-state index < -0.39 is 11.4 Å². The zero-order valence-electron chi connectivity index (χ0n) is 13.3. The minimum absolute atomic E-state index is 0.0512. The molecule has 1 N–H and O–H groups in total. The lowest BCUT2D eigenvalue weighted by molar-refractivity contribution is -0.139. The van der Waals surface area contributed by atoms with Crippen LogP contribution in [0.4, 0.5) is 0 Å². The van der Waals surface area contributed by atoms with E-state index in [2.05, 4.69) is 24.0 Å². The van der Waals surface area contributed by atoms with Crippen molar-refractivity contribution in [2.24, 2.45) is 11.3 Å². The van der Waals surface area contributed by atoms with Crippen molar-refractivity contribution in [2.75, 3.05) is 0 Å². The number of ether oxygens (including phenoxy) is 1. The van der Waals surface area contributed by atoms with E-state index in [9.17, 15) is 4.79 Å². The molecule has 2 heterocycles. The zero-order chi connectivity index (χ0) is 15.8. The van der Waals surface area contributed by atoms with Crippen LogP contribution in [0.1, 0.15) is 58.7 Å². The van der Waals surface area contributed by atoms with E-state index in [0.717, 1.165) is 0 Å². The van der Waals surface area contributed by atoms with Crippen LogP contribution in [-0.2, 0) is 16.0 Å². The van der Waals surface area contributed by atoms with E-state index in [0.29, 0.717) is 24.1 Å². The van der Waals surface area contributed by atoms with Gasteiger partial charge < -0.3 is 14.3 Å². The van der Waals surface area contributed by atoms with Crippen LogP contribution in [-0.4, -0.2) is 33.5 Å². The SMILES string of the molecule is CC1OC(C)C(c2nnc(CC(C)(C)CC(=O)O)o2)C1C. The molecule has 0 spiro atoms. The Hall–Kier alpha value is -1.43. The third kappa shape index (κ3) is 3.61. The van der Waals surface area contributed by atoms with Gasteiger partial charge in [0.05, 0.1) is 24.5 Å². The fourth-order valence-electron chi connectivity index (χ4n) is 3.05. The summed E-state index contributed by atoms with van der Waals surface area (Å²) in [5.41, 5.74) is -0.410. The zero-order valence-corrected chi connectivity index (χ0v) is 13.3. The monoisotopic (exact) mass is 296 g/mol. The molecule has 0 bridgehead atoms. The molecule has 0 aromatic carbocycles. The van der Waals surface area contributed by atoms with Crippen LogP contribution in [0.25, 0.3) is 0 Å². The second-order valence-corrected chi connectivity index (χ2v) is 6.88. The third-order valence-electron chi connectivity index (χ3n) is 4.27. The molecule has 1 saturated heterocycles. The molecule has 0 amide bonds. The number of nitrogens with zero attached hydrogens (tertiary/aromatic N) is 2. The minimum Gasteiger partial charge on any atom is -0.481 e. The van der Waals surface area contributed by atoms with Gasteiger partial charge in [-0.2, -0.15) is 0 Å². The van der Waals surface area contributed by atoms with Gasteiger partial charge in [-0.15, -0.1) is 10.2 Å². The van der Waals surface area contributed by atoms with Gasteiger partial charge in [-0.05, 0) is 25.2 Å². The maximum atomic E-state index is 10.9. The van der Waals surface area contributed by atoms with Gasteiger partial charge in [0.15, 0.2) is 0 Å². The number of hydrogen-bond donors (Lipinski definition) is 1. The van der Waals surface area contributed by atoms with E-state index in [4.69, 9.17) is 14.3 Å². The van der Waals surface area contributed by atoms with Crippen LogP contribution < -0.4 is 0 Å². The molecule has 1 aliphatic rings. The number of carbonyl (C=O) groups is 1. The summed E-state index contributed by atoms with van der Waals surface area (Å²) in [7, 11) is 0. The van der Waals surface area contributed by atoms with Crippen LogP contribution >= 0.6 is 0 Å². The first-order valence-corrected chi connectivity index (χ1v) is 7.39. The topological polar surface area (TPSA) is 85.5 Å². The summed E-state index contributed by atoms with van der Waals surface area (Å²) < 4.78 is 11.6. The van der Waals surface area contributed by atoms with Crippen molar-refractivity contribution in [3.8, 4) is 0 Å². The molecule has 21 heavy (non-hydrogen) atoms. The fourth-order valence-corrected chi connectivity index (χ4v) is 3.05. The fraction of sp³-hybridized carbons (Fsp3) is 0.800. The van der Waals surface area contributed by atoms with E-state index in [-0.39, 0.29) is 24.5 Å². The number of carboxylic acid groups (broad SMARTS) is 1. The van der Waals surface area contributed by atoms with E-state index >= 15 is 0 Å². The van der Waals surface area contributed by atoms with Crippen molar-refractivity contribution in [2.45, 2.75) is 65.6 Å². The first-order valence-electron chi connectivity index (χ1n) is 7.39. The van der Waals surface area contributed by atoms with Crippen molar-refractivity contribution in [3.05, 3.63) is 11.8 Å². The molecule has 0 saturated carbocycles. The molecule has 0 aliphatic carbocycles. The third-order valence-corrected chi connectivity index (χ3v) is 4.27. The van der Waals surface area contributed by atoms with Crippen molar-refractivity contribution in [3.63, 3.8) is 0 Å². The summed E-state index contributed by atoms with van der Waals surface area (Å²) in [6, 6.07) is 0. The number of rotatable bonds is 5. The number of hydrogen-bond acceptors (Lipinski definition) is 5. The van der Waals surface area contributed by atoms with Gasteiger partial charge in [-0.1, -0.05) is 20.8 Å². The summed E-state index contributed by atoms with van der Waals surface area (Å²) in [6.45, 7) is 9.96. The molecular weight excluding hydrogens is 272 g/mol. The predicted octanol–water partition coefficient (Wildman–Crippen LogP) is 2.64. The lowest BCUT2D eigenvalue weighted by Crippen LogP contribution is -2.19. The van der Waals surface area contributed by atoms with Gasteiger partial charge in [-0.3, -0.25) is 4.79 Å². The molecule has 1 aromatic rings. The van der Waals surface area contributed by atoms with Gasteiger partial charge in [-0.25, -0.2) is 0 Å². The Morgan fingerprint density at radius 1 is 1.24 bits per heavy atom. The van der Waals surface area contributed by atoms with Gasteiger partial charge in [0, 0.05) is 6.42 Å². The van der Waals surface area contributed by atoms with Crippen LogP contribution in [0.15, 0.2) is 4.42 Å².